The van der Waals surface area contributed by atoms with Crippen LogP contribution in [0.3, 0.4) is 0 Å². The number of para-hydroxylation sites is 2. The molecule has 0 aliphatic heterocycles. The summed E-state index contributed by atoms with van der Waals surface area (Å²) in [5, 5.41) is 2.52. The molecule has 10 rings (SSSR count). The molecule has 0 unspecified atom stereocenters. The van der Waals surface area contributed by atoms with Gasteiger partial charge in [-0.05, 0) is 39.9 Å². The third-order valence-corrected chi connectivity index (χ3v) is 11.2. The van der Waals surface area contributed by atoms with Crippen molar-refractivity contribution < 1.29 is 0 Å². The van der Waals surface area contributed by atoms with Gasteiger partial charge in [0.1, 0.15) is 0 Å². The van der Waals surface area contributed by atoms with E-state index in [9.17, 15) is 0 Å². The maximum atomic E-state index is 5.49. The highest BCUT2D eigenvalue weighted by atomic mass is 15.0. The van der Waals surface area contributed by atoms with Gasteiger partial charge in [0.05, 0.1) is 28.1 Å². The number of hydrogen-bond acceptors (Lipinski definition) is 2. The van der Waals surface area contributed by atoms with Gasteiger partial charge in [-0.2, -0.15) is 0 Å². The van der Waals surface area contributed by atoms with Gasteiger partial charge in [0.2, 0.25) is 0 Å². The quantitative estimate of drug-likeness (QED) is 0.195. The van der Waals surface area contributed by atoms with Crippen LogP contribution in [0.1, 0.15) is 50.1 Å². The van der Waals surface area contributed by atoms with Crippen LogP contribution >= 0.6 is 0 Å². The number of aromatic nitrogens is 3. The molecule has 0 spiro atoms. The summed E-state index contributed by atoms with van der Waals surface area (Å²) in [6.45, 7) is 9.31. The standard InChI is InChI=1S/C46H35N3/c1-45(2)34-22-12-8-19-31(34)39-36(45)27-26-30-29-18-10-14-24-37(29)49(42(30)39)38-25-15-11-21-33(38)41-40-32-20-9-13-23-35(32)46(3,4)43(40)48-44(47-41)28-16-6-5-7-17-28/h5-27H,1-4H3. The third kappa shape index (κ3) is 3.73. The van der Waals surface area contributed by atoms with Gasteiger partial charge in [-0.25, -0.2) is 9.97 Å². The molecule has 0 N–H and O–H groups in total. The van der Waals surface area contributed by atoms with Crippen LogP contribution in [-0.2, 0) is 10.8 Å². The Morgan fingerprint density at radius 1 is 0.469 bits per heavy atom. The maximum Gasteiger partial charge on any atom is 0.160 e. The number of hydrogen-bond donors (Lipinski definition) is 0. The lowest BCUT2D eigenvalue weighted by atomic mass is 9.82. The van der Waals surface area contributed by atoms with Gasteiger partial charge in [0, 0.05) is 43.9 Å². The Balaban J connectivity index is 1.35. The Morgan fingerprint density at radius 2 is 1.08 bits per heavy atom. The molecule has 0 fully saturated rings. The molecule has 0 bridgehead atoms. The van der Waals surface area contributed by atoms with Crippen molar-refractivity contribution in [3.63, 3.8) is 0 Å². The summed E-state index contributed by atoms with van der Waals surface area (Å²) in [6, 6.07) is 50.5. The van der Waals surface area contributed by atoms with Gasteiger partial charge in [0.15, 0.2) is 5.82 Å². The lowest BCUT2D eigenvalue weighted by molar-refractivity contribution is 0.636. The van der Waals surface area contributed by atoms with Crippen molar-refractivity contribution in [1.29, 1.82) is 0 Å². The van der Waals surface area contributed by atoms with Crippen LogP contribution in [0, 0.1) is 0 Å². The zero-order valence-corrected chi connectivity index (χ0v) is 28.1. The molecule has 234 valence electrons. The molecule has 0 atom stereocenters. The molecular formula is C46H35N3. The minimum atomic E-state index is -0.273. The summed E-state index contributed by atoms with van der Waals surface area (Å²) in [7, 11) is 0. The summed E-state index contributed by atoms with van der Waals surface area (Å²) in [5.41, 5.74) is 16.4. The Morgan fingerprint density at radius 3 is 1.86 bits per heavy atom. The summed E-state index contributed by atoms with van der Waals surface area (Å²) < 4.78 is 2.51. The van der Waals surface area contributed by atoms with Crippen LogP contribution in [0.5, 0.6) is 0 Å². The zero-order valence-electron chi connectivity index (χ0n) is 28.1. The first-order valence-electron chi connectivity index (χ1n) is 17.2. The molecule has 3 heteroatoms. The van der Waals surface area contributed by atoms with E-state index in [4.69, 9.17) is 9.97 Å². The van der Waals surface area contributed by atoms with Crippen molar-refractivity contribution in [2.24, 2.45) is 0 Å². The lowest BCUT2D eigenvalue weighted by Gasteiger charge is -2.22. The van der Waals surface area contributed by atoms with Crippen LogP contribution in [0.2, 0.25) is 0 Å². The van der Waals surface area contributed by atoms with Gasteiger partial charge in [0.25, 0.3) is 0 Å². The van der Waals surface area contributed by atoms with E-state index in [0.29, 0.717) is 0 Å². The second-order valence-electron chi connectivity index (χ2n) is 14.6. The van der Waals surface area contributed by atoms with Gasteiger partial charge in [-0.1, -0.05) is 155 Å². The molecule has 49 heavy (non-hydrogen) atoms. The fourth-order valence-electron chi connectivity index (χ4n) is 8.81. The molecule has 6 aromatic carbocycles. The number of fused-ring (bicyclic) bond motifs is 10. The summed E-state index contributed by atoms with van der Waals surface area (Å²) in [5.74, 6) is 0.754. The van der Waals surface area contributed by atoms with E-state index in [1.165, 1.54) is 55.2 Å². The van der Waals surface area contributed by atoms with Crippen LogP contribution in [0.25, 0.3) is 72.4 Å². The van der Waals surface area contributed by atoms with Gasteiger partial charge in [-0.15, -0.1) is 0 Å². The lowest BCUT2D eigenvalue weighted by Crippen LogP contribution is -2.17. The van der Waals surface area contributed by atoms with Gasteiger partial charge in [-0.3, -0.25) is 0 Å². The van der Waals surface area contributed by atoms with Crippen LogP contribution in [0.15, 0.2) is 140 Å². The van der Waals surface area contributed by atoms with E-state index >= 15 is 0 Å². The monoisotopic (exact) mass is 629 g/mol. The van der Waals surface area contributed by atoms with E-state index < -0.39 is 0 Å². The maximum absolute atomic E-state index is 5.49. The second kappa shape index (κ2) is 9.87. The fourth-order valence-corrected chi connectivity index (χ4v) is 8.81. The Labute approximate surface area is 286 Å². The summed E-state index contributed by atoms with van der Waals surface area (Å²) >= 11 is 0. The van der Waals surface area contributed by atoms with Crippen LogP contribution in [0.4, 0.5) is 0 Å². The first-order chi connectivity index (χ1) is 23.9. The van der Waals surface area contributed by atoms with E-state index in [2.05, 4.69) is 166 Å². The Bertz CT molecular complexity index is 2660. The molecule has 2 aliphatic rings. The Hall–Kier alpha value is -5.80. The van der Waals surface area contributed by atoms with Crippen molar-refractivity contribution in [3.8, 4) is 50.6 Å². The van der Waals surface area contributed by atoms with Crippen LogP contribution < -0.4 is 0 Å². The topological polar surface area (TPSA) is 30.7 Å². The normalized spacial score (nSPS) is 14.9. The SMILES string of the molecule is CC1(C)c2ccccc2-c2c1ccc1c3ccccc3n(-c3ccccc3-c3nc(-c4ccccc4)nc4c3-c3ccccc3C4(C)C)c21. The van der Waals surface area contributed by atoms with Crippen molar-refractivity contribution in [2.45, 2.75) is 38.5 Å². The average Bonchev–Trinajstić information content (AvgIpc) is 3.69. The molecule has 0 radical (unpaired) electrons. The predicted molar refractivity (Wildman–Crippen MR) is 202 cm³/mol. The highest BCUT2D eigenvalue weighted by Crippen LogP contribution is 2.55. The molecule has 2 aliphatic carbocycles. The van der Waals surface area contributed by atoms with E-state index in [-0.39, 0.29) is 10.8 Å². The van der Waals surface area contributed by atoms with Gasteiger partial charge >= 0.3 is 0 Å². The smallest absolute Gasteiger partial charge is 0.160 e. The van der Waals surface area contributed by atoms with E-state index in [0.717, 1.165) is 39.6 Å². The minimum Gasteiger partial charge on any atom is -0.308 e. The first kappa shape index (κ1) is 28.2. The molecule has 8 aromatic rings. The van der Waals surface area contributed by atoms with E-state index in [1.807, 2.05) is 6.07 Å². The Kier molecular flexibility index (Phi) is 5.69. The summed E-state index contributed by atoms with van der Waals surface area (Å²) in [4.78, 5) is 10.8. The fraction of sp³-hybridized carbons (Fsp3) is 0.130. The van der Waals surface area contributed by atoms with Crippen molar-refractivity contribution in [1.82, 2.24) is 14.5 Å². The van der Waals surface area contributed by atoms with Crippen molar-refractivity contribution >= 4 is 21.8 Å². The minimum absolute atomic E-state index is 0.103. The molecule has 0 saturated carbocycles. The zero-order chi connectivity index (χ0) is 33.1. The predicted octanol–water partition coefficient (Wildman–Crippen LogP) is 11.5. The first-order valence-corrected chi connectivity index (χ1v) is 17.2. The average molecular weight is 630 g/mol. The molecule has 2 heterocycles. The molecule has 3 nitrogen and oxygen atoms in total. The molecular weight excluding hydrogens is 595 g/mol. The van der Waals surface area contributed by atoms with Crippen molar-refractivity contribution in [2.75, 3.05) is 0 Å². The van der Waals surface area contributed by atoms with E-state index in [1.54, 1.807) is 0 Å². The summed E-state index contributed by atoms with van der Waals surface area (Å²) in [6.07, 6.45) is 0. The highest BCUT2D eigenvalue weighted by Gasteiger charge is 2.41. The molecule has 0 amide bonds. The highest BCUT2D eigenvalue weighted by molar-refractivity contribution is 6.16. The molecule has 0 saturated heterocycles. The third-order valence-electron chi connectivity index (χ3n) is 11.2. The molecule has 2 aromatic heterocycles. The largest absolute Gasteiger partial charge is 0.308 e. The number of benzene rings is 6. The number of rotatable bonds is 3. The second-order valence-corrected chi connectivity index (χ2v) is 14.6. The van der Waals surface area contributed by atoms with Crippen LogP contribution in [-0.4, -0.2) is 14.5 Å². The number of nitrogens with zero attached hydrogens (tertiary/aromatic N) is 3. The van der Waals surface area contributed by atoms with Crippen molar-refractivity contribution in [3.05, 3.63) is 162 Å². The van der Waals surface area contributed by atoms with Gasteiger partial charge < -0.3 is 4.57 Å².